The highest BCUT2D eigenvalue weighted by Gasteiger charge is 2.09. The van der Waals surface area contributed by atoms with Gasteiger partial charge < -0.3 is 10.6 Å². The SMILES string of the molecule is CC(=O)Nc1ccc(C(=O)CSCC(=O)Nc2ccc(C)cc2)cc1. The zero-order valence-electron chi connectivity index (χ0n) is 14.2. The van der Waals surface area contributed by atoms with Gasteiger partial charge in [0.05, 0.1) is 11.5 Å². The Morgan fingerprint density at radius 2 is 1.40 bits per heavy atom. The smallest absolute Gasteiger partial charge is 0.234 e. The number of hydrogen-bond donors (Lipinski definition) is 2. The average molecular weight is 356 g/mol. The number of Topliss-reactive ketones (excluding diaryl/α,β-unsaturated/α-hetero) is 1. The first-order chi connectivity index (χ1) is 11.9. The second-order valence-electron chi connectivity index (χ2n) is 5.59. The molecule has 6 heteroatoms. The van der Waals surface area contributed by atoms with Crippen LogP contribution in [0.25, 0.3) is 0 Å². The highest BCUT2D eigenvalue weighted by atomic mass is 32.2. The predicted octanol–water partition coefficient (Wildman–Crippen LogP) is 3.51. The van der Waals surface area contributed by atoms with Gasteiger partial charge in [-0.3, -0.25) is 14.4 Å². The fourth-order valence-electron chi connectivity index (χ4n) is 2.10. The van der Waals surface area contributed by atoms with Gasteiger partial charge in [0, 0.05) is 23.9 Å². The maximum Gasteiger partial charge on any atom is 0.234 e. The van der Waals surface area contributed by atoms with Gasteiger partial charge in [0.1, 0.15) is 0 Å². The highest BCUT2D eigenvalue weighted by Crippen LogP contribution is 2.13. The van der Waals surface area contributed by atoms with Crippen LogP contribution < -0.4 is 10.6 Å². The summed E-state index contributed by atoms with van der Waals surface area (Å²) in [6.07, 6.45) is 0. The molecule has 0 saturated carbocycles. The van der Waals surface area contributed by atoms with E-state index in [9.17, 15) is 14.4 Å². The molecule has 0 heterocycles. The lowest BCUT2D eigenvalue weighted by Gasteiger charge is -2.06. The standard InChI is InChI=1S/C19H20N2O3S/c1-13-3-7-17(8-4-13)21-19(24)12-25-11-18(23)15-5-9-16(10-6-15)20-14(2)22/h3-10H,11-12H2,1-2H3,(H,20,22)(H,21,24). The third-order valence-electron chi connectivity index (χ3n) is 3.33. The summed E-state index contributed by atoms with van der Waals surface area (Å²) >= 11 is 1.27. The molecule has 0 saturated heterocycles. The van der Waals surface area contributed by atoms with E-state index in [0.717, 1.165) is 11.3 Å². The minimum Gasteiger partial charge on any atom is -0.326 e. The summed E-state index contributed by atoms with van der Waals surface area (Å²) in [7, 11) is 0. The molecule has 130 valence electrons. The van der Waals surface area contributed by atoms with Crippen molar-refractivity contribution in [3.63, 3.8) is 0 Å². The van der Waals surface area contributed by atoms with Gasteiger partial charge in [-0.1, -0.05) is 17.7 Å². The largest absolute Gasteiger partial charge is 0.326 e. The second-order valence-corrected chi connectivity index (χ2v) is 6.57. The van der Waals surface area contributed by atoms with Crippen molar-refractivity contribution < 1.29 is 14.4 Å². The molecule has 5 nitrogen and oxygen atoms in total. The van der Waals surface area contributed by atoms with Crippen molar-refractivity contribution >= 4 is 40.7 Å². The number of nitrogens with one attached hydrogen (secondary N) is 2. The molecule has 0 aliphatic heterocycles. The Morgan fingerprint density at radius 3 is 2.00 bits per heavy atom. The Kier molecular flexibility index (Phi) is 6.77. The van der Waals surface area contributed by atoms with Crippen molar-refractivity contribution in [2.75, 3.05) is 22.1 Å². The number of aryl methyl sites for hydroxylation is 1. The number of carbonyl (C=O) groups excluding carboxylic acids is 3. The molecule has 2 amide bonds. The lowest BCUT2D eigenvalue weighted by Crippen LogP contribution is -2.15. The van der Waals surface area contributed by atoms with Crippen LogP contribution in [-0.2, 0) is 9.59 Å². The zero-order chi connectivity index (χ0) is 18.2. The van der Waals surface area contributed by atoms with Crippen LogP contribution in [0.5, 0.6) is 0 Å². The highest BCUT2D eigenvalue weighted by molar-refractivity contribution is 8.00. The third kappa shape index (κ3) is 6.43. The number of hydrogen-bond acceptors (Lipinski definition) is 4. The number of benzene rings is 2. The molecular formula is C19H20N2O3S. The van der Waals surface area contributed by atoms with Gasteiger partial charge in [0.15, 0.2) is 5.78 Å². The molecule has 0 atom stereocenters. The third-order valence-corrected chi connectivity index (χ3v) is 4.26. The summed E-state index contributed by atoms with van der Waals surface area (Å²) in [5, 5.41) is 5.44. The molecule has 0 spiro atoms. The van der Waals surface area contributed by atoms with Crippen molar-refractivity contribution in [2.45, 2.75) is 13.8 Å². The van der Waals surface area contributed by atoms with Crippen molar-refractivity contribution in [3.8, 4) is 0 Å². The van der Waals surface area contributed by atoms with E-state index < -0.39 is 0 Å². The van der Waals surface area contributed by atoms with E-state index in [2.05, 4.69) is 10.6 Å². The van der Waals surface area contributed by atoms with Gasteiger partial charge in [-0.25, -0.2) is 0 Å². The van der Waals surface area contributed by atoms with E-state index in [4.69, 9.17) is 0 Å². The average Bonchev–Trinajstić information content (AvgIpc) is 2.57. The molecule has 0 unspecified atom stereocenters. The molecule has 0 aromatic heterocycles. The van der Waals surface area contributed by atoms with E-state index in [1.165, 1.54) is 18.7 Å². The maximum absolute atomic E-state index is 12.1. The Morgan fingerprint density at radius 1 is 0.840 bits per heavy atom. The number of ketones is 1. The fraction of sp³-hybridized carbons (Fsp3) is 0.211. The van der Waals surface area contributed by atoms with Crippen LogP contribution in [0.15, 0.2) is 48.5 Å². The number of anilines is 2. The lowest BCUT2D eigenvalue weighted by atomic mass is 10.1. The Balaban J connectivity index is 1.76. The molecule has 0 fully saturated rings. The summed E-state index contributed by atoms with van der Waals surface area (Å²) in [4.78, 5) is 35.0. The van der Waals surface area contributed by atoms with Crippen molar-refractivity contribution in [1.82, 2.24) is 0 Å². The number of rotatable bonds is 7. The maximum atomic E-state index is 12.1. The van der Waals surface area contributed by atoms with E-state index in [1.807, 2.05) is 31.2 Å². The molecule has 2 rings (SSSR count). The molecule has 0 aliphatic rings. The van der Waals surface area contributed by atoms with Crippen LogP contribution >= 0.6 is 11.8 Å². The van der Waals surface area contributed by atoms with Gasteiger partial charge >= 0.3 is 0 Å². The fourth-order valence-corrected chi connectivity index (χ4v) is 2.81. The molecular weight excluding hydrogens is 336 g/mol. The van der Waals surface area contributed by atoms with Gasteiger partial charge in [-0.2, -0.15) is 0 Å². The first-order valence-corrected chi connectivity index (χ1v) is 8.94. The molecule has 0 bridgehead atoms. The van der Waals surface area contributed by atoms with Gasteiger partial charge in [0.25, 0.3) is 0 Å². The van der Waals surface area contributed by atoms with Crippen LogP contribution in [0.4, 0.5) is 11.4 Å². The number of carbonyl (C=O) groups is 3. The minimum atomic E-state index is -0.158. The Labute approximate surface area is 151 Å². The number of thioether (sulfide) groups is 1. The predicted molar refractivity (Wildman–Crippen MR) is 102 cm³/mol. The van der Waals surface area contributed by atoms with E-state index in [-0.39, 0.29) is 29.1 Å². The first-order valence-electron chi connectivity index (χ1n) is 7.79. The summed E-state index contributed by atoms with van der Waals surface area (Å²) in [5.41, 5.74) is 3.08. The Bertz CT molecular complexity index is 755. The quantitative estimate of drug-likeness (QED) is 0.745. The van der Waals surface area contributed by atoms with Gasteiger partial charge in [-0.15, -0.1) is 11.8 Å². The monoisotopic (exact) mass is 356 g/mol. The van der Waals surface area contributed by atoms with Crippen LogP contribution in [0.3, 0.4) is 0 Å². The van der Waals surface area contributed by atoms with E-state index in [1.54, 1.807) is 24.3 Å². The van der Waals surface area contributed by atoms with Crippen LogP contribution in [-0.4, -0.2) is 29.1 Å². The molecule has 25 heavy (non-hydrogen) atoms. The summed E-state index contributed by atoms with van der Waals surface area (Å²) in [6.45, 7) is 3.41. The van der Waals surface area contributed by atoms with Crippen molar-refractivity contribution in [1.29, 1.82) is 0 Å². The number of amides is 2. The van der Waals surface area contributed by atoms with Gasteiger partial charge in [0.2, 0.25) is 11.8 Å². The van der Waals surface area contributed by atoms with Crippen LogP contribution in [0.2, 0.25) is 0 Å². The normalized spacial score (nSPS) is 10.2. The summed E-state index contributed by atoms with van der Waals surface area (Å²) in [6, 6.07) is 14.3. The molecule has 0 aliphatic carbocycles. The van der Waals surface area contributed by atoms with Gasteiger partial charge in [-0.05, 0) is 43.3 Å². The lowest BCUT2D eigenvalue weighted by molar-refractivity contribution is -0.114. The summed E-state index contributed by atoms with van der Waals surface area (Å²) in [5.74, 6) is 0.0871. The zero-order valence-corrected chi connectivity index (χ0v) is 15.0. The van der Waals surface area contributed by atoms with Crippen LogP contribution in [0.1, 0.15) is 22.8 Å². The van der Waals surface area contributed by atoms with Crippen LogP contribution in [0, 0.1) is 6.92 Å². The second kappa shape index (κ2) is 9.03. The molecule has 0 radical (unpaired) electrons. The minimum absolute atomic E-state index is 0.0532. The molecule has 2 aromatic carbocycles. The molecule has 2 N–H and O–H groups in total. The topological polar surface area (TPSA) is 75.3 Å². The summed E-state index contributed by atoms with van der Waals surface area (Å²) < 4.78 is 0. The van der Waals surface area contributed by atoms with E-state index >= 15 is 0 Å². The van der Waals surface area contributed by atoms with E-state index in [0.29, 0.717) is 11.3 Å². The van der Waals surface area contributed by atoms with Crippen molar-refractivity contribution in [2.24, 2.45) is 0 Å². The Hall–Kier alpha value is -2.60. The first kappa shape index (κ1) is 18.7. The van der Waals surface area contributed by atoms with Crippen molar-refractivity contribution in [3.05, 3.63) is 59.7 Å². The molecule has 2 aromatic rings.